The molecule has 1 unspecified atom stereocenters. The molecule has 1 aliphatic rings. The topological polar surface area (TPSA) is 86.5 Å². The van der Waals surface area contributed by atoms with Crippen molar-refractivity contribution in [2.45, 2.75) is 45.3 Å². The number of Topliss-reactive ketones (excluding diaryl/α,β-unsaturated/α-hetero) is 1. The quantitative estimate of drug-likeness (QED) is 0.664. The number of piperidine rings is 1. The Hall–Kier alpha value is -1.94. The number of hydrogen-bond acceptors (Lipinski definition) is 6. The number of nitriles is 1. The molecule has 1 aromatic rings. The van der Waals surface area contributed by atoms with Crippen LogP contribution in [0.3, 0.4) is 0 Å². The van der Waals surface area contributed by atoms with Crippen molar-refractivity contribution in [1.82, 2.24) is 10.6 Å². The second kappa shape index (κ2) is 11.7. The minimum atomic E-state index is -0.818. The minimum Gasteiger partial charge on any atom is -0.380 e. The smallest absolute Gasteiger partial charge is 0.212 e. The first-order valence-corrected chi connectivity index (χ1v) is 9.18. The zero-order valence-electron chi connectivity index (χ0n) is 16.2. The fourth-order valence-corrected chi connectivity index (χ4v) is 3.01. The standard InChI is InChI=1S/C20H28N4O2.ClH/c1-14(2)11-18(22-3)19(25)20(16-6-4-5-15(12-16)13-21)26-24-17-7-9-23-10-8-17;/h4-6,12,14,18,20,22-23H,7-11H2,1-3H3;1H/t18-,20?;/m0./s1. The molecule has 0 aromatic heterocycles. The van der Waals surface area contributed by atoms with E-state index in [1.807, 2.05) is 6.07 Å². The predicted octanol–water partition coefficient (Wildman–Crippen LogP) is 2.98. The van der Waals surface area contributed by atoms with Gasteiger partial charge in [0.25, 0.3) is 0 Å². The number of ketones is 1. The molecule has 6 nitrogen and oxygen atoms in total. The highest BCUT2D eigenvalue weighted by Crippen LogP contribution is 2.24. The molecule has 1 saturated heterocycles. The molecule has 0 saturated carbocycles. The molecule has 1 aromatic carbocycles. The average Bonchev–Trinajstić information content (AvgIpc) is 2.67. The van der Waals surface area contributed by atoms with Gasteiger partial charge in [-0.25, -0.2) is 0 Å². The van der Waals surface area contributed by atoms with E-state index in [0.717, 1.165) is 31.6 Å². The third-order valence-electron chi connectivity index (χ3n) is 4.44. The second-order valence-electron chi connectivity index (χ2n) is 7.00. The van der Waals surface area contributed by atoms with Crippen molar-refractivity contribution in [3.63, 3.8) is 0 Å². The number of nitrogens with zero attached hydrogens (tertiary/aromatic N) is 2. The number of hydrogen-bond donors (Lipinski definition) is 2. The van der Waals surface area contributed by atoms with E-state index in [1.54, 1.807) is 25.2 Å². The molecule has 0 bridgehead atoms. The van der Waals surface area contributed by atoms with Crippen LogP contribution in [0.4, 0.5) is 0 Å². The molecule has 0 radical (unpaired) electrons. The average molecular weight is 393 g/mol. The van der Waals surface area contributed by atoms with E-state index in [9.17, 15) is 4.79 Å². The Bertz CT molecular complexity index is 677. The van der Waals surface area contributed by atoms with Crippen LogP contribution in [0.1, 0.15) is 50.3 Å². The Morgan fingerprint density at radius 1 is 1.37 bits per heavy atom. The molecular formula is C20H29ClN4O2. The van der Waals surface area contributed by atoms with Gasteiger partial charge in [0.05, 0.1) is 23.4 Å². The van der Waals surface area contributed by atoms with Gasteiger partial charge in [0.2, 0.25) is 6.10 Å². The summed E-state index contributed by atoms with van der Waals surface area (Å²) in [5.41, 5.74) is 2.13. The Kier molecular flexibility index (Phi) is 10.0. The van der Waals surface area contributed by atoms with Crippen molar-refractivity contribution < 1.29 is 9.63 Å². The van der Waals surface area contributed by atoms with E-state index in [0.29, 0.717) is 23.5 Å². The molecule has 2 N–H and O–H groups in total. The van der Waals surface area contributed by atoms with Crippen molar-refractivity contribution in [1.29, 1.82) is 5.26 Å². The van der Waals surface area contributed by atoms with Gasteiger partial charge >= 0.3 is 0 Å². The van der Waals surface area contributed by atoms with E-state index in [4.69, 9.17) is 10.1 Å². The number of likely N-dealkylation sites (N-methyl/N-ethyl adjacent to an activating group) is 1. The van der Waals surface area contributed by atoms with Crippen LogP contribution in [0.25, 0.3) is 0 Å². The number of benzene rings is 1. The first-order chi connectivity index (χ1) is 12.5. The fourth-order valence-electron chi connectivity index (χ4n) is 3.01. The molecule has 0 amide bonds. The number of carbonyl (C=O) groups is 1. The summed E-state index contributed by atoms with van der Waals surface area (Å²) in [6.45, 7) is 5.91. The summed E-state index contributed by atoms with van der Waals surface area (Å²) in [5.74, 6) is 0.313. The highest BCUT2D eigenvalue weighted by Gasteiger charge is 2.30. The normalized spacial score (nSPS) is 16.0. The third kappa shape index (κ3) is 6.94. The summed E-state index contributed by atoms with van der Waals surface area (Å²) >= 11 is 0. The van der Waals surface area contributed by atoms with Crippen LogP contribution in [-0.4, -0.2) is 37.7 Å². The van der Waals surface area contributed by atoms with E-state index in [-0.39, 0.29) is 24.2 Å². The van der Waals surface area contributed by atoms with Crippen molar-refractivity contribution in [2.75, 3.05) is 20.1 Å². The van der Waals surface area contributed by atoms with Gasteiger partial charge in [0, 0.05) is 31.5 Å². The summed E-state index contributed by atoms with van der Waals surface area (Å²) < 4.78 is 0. The van der Waals surface area contributed by atoms with Crippen LogP contribution in [0.2, 0.25) is 0 Å². The fraction of sp³-hybridized carbons (Fsp3) is 0.550. The number of rotatable bonds is 8. The molecule has 148 valence electrons. The predicted molar refractivity (Wildman–Crippen MR) is 109 cm³/mol. The van der Waals surface area contributed by atoms with Gasteiger partial charge < -0.3 is 15.5 Å². The lowest BCUT2D eigenvalue weighted by Gasteiger charge is -2.23. The minimum absolute atomic E-state index is 0. The van der Waals surface area contributed by atoms with Crippen molar-refractivity contribution in [3.05, 3.63) is 35.4 Å². The van der Waals surface area contributed by atoms with E-state index in [2.05, 4.69) is 35.7 Å². The Morgan fingerprint density at radius 2 is 2.07 bits per heavy atom. The van der Waals surface area contributed by atoms with Crippen LogP contribution in [0.5, 0.6) is 0 Å². The summed E-state index contributed by atoms with van der Waals surface area (Å²) in [6, 6.07) is 8.80. The van der Waals surface area contributed by atoms with Crippen molar-refractivity contribution >= 4 is 23.9 Å². The maximum atomic E-state index is 13.1. The molecule has 0 spiro atoms. The number of carbonyl (C=O) groups excluding carboxylic acids is 1. The summed E-state index contributed by atoms with van der Waals surface area (Å²) in [4.78, 5) is 18.9. The molecule has 1 heterocycles. The van der Waals surface area contributed by atoms with E-state index < -0.39 is 6.10 Å². The summed E-state index contributed by atoms with van der Waals surface area (Å²) in [6.07, 6.45) is 1.54. The largest absolute Gasteiger partial charge is 0.380 e. The zero-order valence-corrected chi connectivity index (χ0v) is 17.0. The van der Waals surface area contributed by atoms with Gasteiger partial charge in [0.1, 0.15) is 0 Å². The van der Waals surface area contributed by atoms with Crippen LogP contribution >= 0.6 is 12.4 Å². The third-order valence-corrected chi connectivity index (χ3v) is 4.44. The molecule has 0 aliphatic carbocycles. The van der Waals surface area contributed by atoms with Crippen LogP contribution in [0.15, 0.2) is 29.4 Å². The zero-order chi connectivity index (χ0) is 18.9. The monoisotopic (exact) mass is 392 g/mol. The lowest BCUT2D eigenvalue weighted by molar-refractivity contribution is -0.133. The molecule has 7 heteroatoms. The SMILES string of the molecule is CN[C@@H](CC(C)C)C(=O)C(ON=C1CCNCC1)c1cccc(C#N)c1.Cl. The summed E-state index contributed by atoms with van der Waals surface area (Å²) in [7, 11) is 1.78. The van der Waals surface area contributed by atoms with Gasteiger partial charge in [0.15, 0.2) is 5.78 Å². The van der Waals surface area contributed by atoms with Crippen LogP contribution in [0, 0.1) is 17.2 Å². The Labute approximate surface area is 167 Å². The Morgan fingerprint density at radius 3 is 2.67 bits per heavy atom. The van der Waals surface area contributed by atoms with Crippen LogP contribution < -0.4 is 10.6 Å². The highest BCUT2D eigenvalue weighted by molar-refractivity contribution is 5.90. The maximum Gasteiger partial charge on any atom is 0.212 e. The van der Waals surface area contributed by atoms with Gasteiger partial charge in [-0.15, -0.1) is 12.4 Å². The number of oxime groups is 1. The molecule has 1 fully saturated rings. The van der Waals surface area contributed by atoms with Gasteiger partial charge in [-0.05, 0) is 31.5 Å². The van der Waals surface area contributed by atoms with E-state index >= 15 is 0 Å². The second-order valence-corrected chi connectivity index (χ2v) is 7.00. The van der Waals surface area contributed by atoms with Gasteiger partial charge in [-0.3, -0.25) is 4.79 Å². The van der Waals surface area contributed by atoms with Crippen molar-refractivity contribution in [2.24, 2.45) is 11.1 Å². The first kappa shape index (κ1) is 23.1. The van der Waals surface area contributed by atoms with Crippen LogP contribution in [-0.2, 0) is 9.63 Å². The first-order valence-electron chi connectivity index (χ1n) is 9.18. The lowest BCUT2D eigenvalue weighted by atomic mass is 9.93. The highest BCUT2D eigenvalue weighted by atomic mass is 35.5. The molecule has 1 aliphatic heterocycles. The molecule has 2 atom stereocenters. The molecule has 27 heavy (non-hydrogen) atoms. The molecule has 2 rings (SSSR count). The number of nitrogens with one attached hydrogen (secondary N) is 2. The summed E-state index contributed by atoms with van der Waals surface area (Å²) in [5, 5.41) is 19.8. The maximum absolute atomic E-state index is 13.1. The van der Waals surface area contributed by atoms with Crippen molar-refractivity contribution in [3.8, 4) is 6.07 Å². The molecular weight excluding hydrogens is 364 g/mol. The van der Waals surface area contributed by atoms with E-state index in [1.165, 1.54) is 0 Å². The lowest BCUT2D eigenvalue weighted by Crippen LogP contribution is -2.39. The van der Waals surface area contributed by atoms with Gasteiger partial charge in [-0.1, -0.05) is 31.1 Å². The van der Waals surface area contributed by atoms with Gasteiger partial charge in [-0.2, -0.15) is 5.26 Å². The Balaban J connectivity index is 0.00000364. The number of halogens is 1.